The Morgan fingerprint density at radius 2 is 2.14 bits per heavy atom. The van der Waals surface area contributed by atoms with E-state index in [4.69, 9.17) is 4.74 Å². The van der Waals surface area contributed by atoms with Crippen LogP contribution in [0.25, 0.3) is 11.0 Å². The van der Waals surface area contributed by atoms with Crippen LogP contribution in [0.2, 0.25) is 0 Å². The van der Waals surface area contributed by atoms with Gasteiger partial charge in [0.25, 0.3) is 0 Å². The van der Waals surface area contributed by atoms with Crippen molar-refractivity contribution in [2.45, 2.75) is 17.0 Å². The summed E-state index contributed by atoms with van der Waals surface area (Å²) in [5, 5.41) is 0.774. The molecule has 2 heterocycles. The maximum absolute atomic E-state index is 11.2. The molecule has 0 bridgehead atoms. The van der Waals surface area contributed by atoms with E-state index in [1.165, 1.54) is 18.7 Å². The lowest BCUT2D eigenvalue weighted by Crippen LogP contribution is -1.95. The van der Waals surface area contributed by atoms with E-state index in [1.54, 1.807) is 19.4 Å². The molecular formula is C15H13N3O2S. The van der Waals surface area contributed by atoms with E-state index in [-0.39, 0.29) is 5.78 Å². The number of carbonyl (C=O) groups is 1. The third kappa shape index (κ3) is 2.90. The number of pyridine rings is 1. The highest BCUT2D eigenvalue weighted by Crippen LogP contribution is 2.28. The normalized spacial score (nSPS) is 10.8. The van der Waals surface area contributed by atoms with E-state index in [9.17, 15) is 4.79 Å². The second-order valence-corrected chi connectivity index (χ2v) is 5.52. The van der Waals surface area contributed by atoms with Crippen molar-refractivity contribution in [2.24, 2.45) is 0 Å². The molecule has 1 N–H and O–H groups in total. The van der Waals surface area contributed by atoms with Gasteiger partial charge in [0, 0.05) is 24.1 Å². The van der Waals surface area contributed by atoms with E-state index in [2.05, 4.69) is 15.0 Å². The molecule has 0 aliphatic rings. The van der Waals surface area contributed by atoms with Crippen molar-refractivity contribution >= 4 is 28.6 Å². The quantitative estimate of drug-likeness (QED) is 0.748. The third-order valence-electron chi connectivity index (χ3n) is 2.98. The van der Waals surface area contributed by atoms with Crippen LogP contribution in [0.5, 0.6) is 5.75 Å². The number of nitrogens with one attached hydrogen (secondary N) is 1. The average molecular weight is 299 g/mol. The number of methoxy groups -OCH3 is 1. The molecule has 3 rings (SSSR count). The highest BCUT2D eigenvalue weighted by Gasteiger charge is 2.07. The largest absolute Gasteiger partial charge is 0.497 e. The first kappa shape index (κ1) is 13.6. The van der Waals surface area contributed by atoms with Crippen LogP contribution in [0, 0.1) is 0 Å². The second kappa shape index (κ2) is 5.57. The zero-order chi connectivity index (χ0) is 14.8. The van der Waals surface area contributed by atoms with Gasteiger partial charge in [-0.2, -0.15) is 0 Å². The summed E-state index contributed by atoms with van der Waals surface area (Å²) in [4.78, 5) is 24.0. The third-order valence-corrected chi connectivity index (χ3v) is 3.84. The molecule has 0 saturated heterocycles. The molecule has 5 nitrogen and oxygen atoms in total. The lowest BCUT2D eigenvalue weighted by molar-refractivity contribution is 0.101. The smallest absolute Gasteiger partial charge is 0.178 e. The van der Waals surface area contributed by atoms with Gasteiger partial charge in [0.2, 0.25) is 0 Å². The summed E-state index contributed by atoms with van der Waals surface area (Å²) >= 11 is 1.47. The first-order valence-corrected chi connectivity index (χ1v) is 7.16. The predicted octanol–water partition coefficient (Wildman–Crippen LogP) is 3.32. The SMILES string of the molecule is COc1ccc2nc(Sc3ccc(C(C)=O)nc3)[nH]c2c1. The number of imidazole rings is 1. The molecular weight excluding hydrogens is 286 g/mol. The van der Waals surface area contributed by atoms with Gasteiger partial charge in [-0.25, -0.2) is 4.98 Å². The molecule has 0 amide bonds. The van der Waals surface area contributed by atoms with Crippen LogP contribution >= 0.6 is 11.8 Å². The topological polar surface area (TPSA) is 67.9 Å². The van der Waals surface area contributed by atoms with Crippen LogP contribution < -0.4 is 4.74 Å². The summed E-state index contributed by atoms with van der Waals surface area (Å²) in [7, 11) is 1.63. The minimum absolute atomic E-state index is 0.0395. The van der Waals surface area contributed by atoms with Gasteiger partial charge in [-0.1, -0.05) is 11.8 Å². The molecule has 3 aromatic rings. The highest BCUT2D eigenvalue weighted by atomic mass is 32.2. The molecule has 1 aromatic carbocycles. The lowest BCUT2D eigenvalue weighted by Gasteiger charge is -1.98. The zero-order valence-electron chi connectivity index (χ0n) is 11.6. The fraction of sp³-hybridized carbons (Fsp3) is 0.133. The number of fused-ring (bicyclic) bond motifs is 1. The van der Waals surface area contributed by atoms with Crippen molar-refractivity contribution in [1.82, 2.24) is 15.0 Å². The number of aromatic amines is 1. The number of nitrogens with zero attached hydrogens (tertiary/aromatic N) is 2. The Morgan fingerprint density at radius 1 is 1.29 bits per heavy atom. The number of carbonyl (C=O) groups excluding carboxylic acids is 1. The fourth-order valence-corrected chi connectivity index (χ4v) is 2.67. The molecule has 21 heavy (non-hydrogen) atoms. The number of Topliss-reactive ketones (excluding diaryl/α,β-unsaturated/α-hetero) is 1. The summed E-state index contributed by atoms with van der Waals surface area (Å²) < 4.78 is 5.19. The van der Waals surface area contributed by atoms with Crippen molar-refractivity contribution in [2.75, 3.05) is 7.11 Å². The summed E-state index contributed by atoms with van der Waals surface area (Å²) in [6, 6.07) is 9.27. The summed E-state index contributed by atoms with van der Waals surface area (Å²) in [6.07, 6.45) is 1.68. The molecule has 2 aromatic heterocycles. The number of hydrogen-bond acceptors (Lipinski definition) is 5. The maximum Gasteiger partial charge on any atom is 0.178 e. The molecule has 0 atom stereocenters. The van der Waals surface area contributed by atoms with Gasteiger partial charge >= 0.3 is 0 Å². The molecule has 0 radical (unpaired) electrons. The number of ketones is 1. The van der Waals surface area contributed by atoms with E-state index >= 15 is 0 Å². The van der Waals surface area contributed by atoms with Gasteiger partial charge in [0.15, 0.2) is 10.9 Å². The standard InChI is InChI=1S/C15H13N3O2S/c1-9(19)12-6-4-11(8-16-12)21-15-17-13-5-3-10(20-2)7-14(13)18-15/h3-8H,1-2H3,(H,17,18). The van der Waals surface area contributed by atoms with Crippen molar-refractivity contribution in [3.05, 3.63) is 42.2 Å². The molecule has 106 valence electrons. The average Bonchev–Trinajstić information content (AvgIpc) is 2.88. The Bertz CT molecular complexity index is 796. The van der Waals surface area contributed by atoms with Gasteiger partial charge < -0.3 is 9.72 Å². The fourth-order valence-electron chi connectivity index (χ4n) is 1.90. The molecule has 0 saturated carbocycles. The summed E-state index contributed by atoms with van der Waals surface area (Å²) in [5.41, 5.74) is 2.27. The monoisotopic (exact) mass is 299 g/mol. The first-order chi connectivity index (χ1) is 10.2. The predicted molar refractivity (Wildman–Crippen MR) is 81.0 cm³/mol. The minimum atomic E-state index is -0.0395. The number of benzene rings is 1. The Hall–Kier alpha value is -2.34. The van der Waals surface area contributed by atoms with Crippen LogP contribution in [-0.4, -0.2) is 27.8 Å². The Kier molecular flexibility index (Phi) is 3.62. The Labute approximate surface area is 125 Å². The number of H-pyrrole nitrogens is 1. The van der Waals surface area contributed by atoms with Crippen LogP contribution in [0.4, 0.5) is 0 Å². The van der Waals surface area contributed by atoms with Crippen molar-refractivity contribution < 1.29 is 9.53 Å². The highest BCUT2D eigenvalue weighted by molar-refractivity contribution is 7.99. The van der Waals surface area contributed by atoms with Gasteiger partial charge in [0.1, 0.15) is 11.4 Å². The molecule has 0 spiro atoms. The Balaban J connectivity index is 1.85. The van der Waals surface area contributed by atoms with Crippen LogP contribution in [-0.2, 0) is 0 Å². The van der Waals surface area contributed by atoms with Crippen LogP contribution in [0.3, 0.4) is 0 Å². The van der Waals surface area contributed by atoms with E-state index in [1.807, 2.05) is 24.3 Å². The van der Waals surface area contributed by atoms with E-state index in [0.717, 1.165) is 26.8 Å². The number of rotatable bonds is 4. The van der Waals surface area contributed by atoms with Crippen molar-refractivity contribution in [1.29, 1.82) is 0 Å². The Morgan fingerprint density at radius 3 is 2.81 bits per heavy atom. The van der Waals surface area contributed by atoms with E-state index < -0.39 is 0 Å². The molecule has 0 aliphatic heterocycles. The van der Waals surface area contributed by atoms with Crippen LogP contribution in [0.15, 0.2) is 46.6 Å². The molecule has 0 fully saturated rings. The van der Waals surface area contributed by atoms with Crippen molar-refractivity contribution in [3.8, 4) is 5.75 Å². The van der Waals surface area contributed by atoms with E-state index in [0.29, 0.717) is 5.69 Å². The lowest BCUT2D eigenvalue weighted by atomic mass is 10.3. The first-order valence-electron chi connectivity index (χ1n) is 6.34. The van der Waals surface area contributed by atoms with Gasteiger partial charge in [-0.15, -0.1) is 0 Å². The zero-order valence-corrected chi connectivity index (χ0v) is 12.4. The van der Waals surface area contributed by atoms with Gasteiger partial charge in [-0.3, -0.25) is 9.78 Å². The van der Waals surface area contributed by atoms with Crippen LogP contribution in [0.1, 0.15) is 17.4 Å². The maximum atomic E-state index is 11.2. The number of hydrogen-bond donors (Lipinski definition) is 1. The summed E-state index contributed by atoms with van der Waals surface area (Å²) in [6.45, 7) is 1.50. The molecule has 6 heteroatoms. The number of aromatic nitrogens is 3. The summed E-state index contributed by atoms with van der Waals surface area (Å²) in [5.74, 6) is 0.748. The number of ether oxygens (including phenoxy) is 1. The van der Waals surface area contributed by atoms with Gasteiger partial charge in [-0.05, 0) is 24.3 Å². The molecule has 0 unspecified atom stereocenters. The minimum Gasteiger partial charge on any atom is -0.497 e. The van der Waals surface area contributed by atoms with Gasteiger partial charge in [0.05, 0.1) is 18.1 Å². The molecule has 0 aliphatic carbocycles. The second-order valence-electron chi connectivity index (χ2n) is 4.46. The van der Waals surface area contributed by atoms with Crippen molar-refractivity contribution in [3.63, 3.8) is 0 Å².